The quantitative estimate of drug-likeness (QED) is 0.0491. The van der Waals surface area contributed by atoms with Crippen molar-refractivity contribution in [1.82, 2.24) is 0 Å². The summed E-state index contributed by atoms with van der Waals surface area (Å²) in [6.45, 7) is 6.63. The third kappa shape index (κ3) is 41.5. The van der Waals surface area contributed by atoms with Crippen molar-refractivity contribution in [3.63, 3.8) is 0 Å². The molecule has 0 aliphatic heterocycles. The number of hydrogen-bond acceptors (Lipinski definition) is 0. The first-order valence-corrected chi connectivity index (χ1v) is 20.6. The minimum Gasteiger partial charge on any atom is -0.0845 e. The molecule has 0 rings (SSSR count). The zero-order valence-corrected chi connectivity index (χ0v) is 30.7. The summed E-state index contributed by atoms with van der Waals surface area (Å²) in [7, 11) is 0. The van der Waals surface area contributed by atoms with Crippen LogP contribution in [0.25, 0.3) is 0 Å². The average Bonchev–Trinajstić information content (AvgIpc) is 3.00. The maximum Gasteiger partial charge on any atom is -0.0348 e. The van der Waals surface area contributed by atoms with E-state index in [1.54, 1.807) is 0 Å². The number of rotatable bonds is 37. The van der Waals surface area contributed by atoms with Gasteiger partial charge in [-0.2, -0.15) is 0 Å². The maximum atomic E-state index is 2.33. The van der Waals surface area contributed by atoms with Crippen LogP contribution in [-0.2, 0) is 0 Å². The molecule has 0 saturated heterocycles. The Bertz CT molecular complexity index is 536. The highest BCUT2D eigenvalue weighted by Crippen LogP contribution is 2.17. The Morgan fingerprint density at radius 3 is 0.721 bits per heavy atom. The zero-order chi connectivity index (χ0) is 31.2. The molecule has 0 aromatic carbocycles. The lowest BCUT2D eigenvalue weighted by atomic mass is 10.0. The van der Waals surface area contributed by atoms with Crippen LogP contribution < -0.4 is 0 Å². The van der Waals surface area contributed by atoms with Gasteiger partial charge in [0, 0.05) is 0 Å². The minimum atomic E-state index is 1.25. The Labute approximate surface area is 275 Å². The van der Waals surface area contributed by atoms with Gasteiger partial charge in [0.1, 0.15) is 0 Å². The van der Waals surface area contributed by atoms with Crippen LogP contribution in [0.1, 0.15) is 252 Å². The minimum absolute atomic E-state index is 1.25. The number of allylic oxidation sites excluding steroid dienone is 4. The molecule has 0 atom stereocenters. The van der Waals surface area contributed by atoms with Gasteiger partial charge in [0.15, 0.2) is 0 Å². The molecule has 0 spiro atoms. The zero-order valence-electron chi connectivity index (χ0n) is 30.7. The predicted octanol–water partition coefficient (Wildman–Crippen LogP) is 16.6. The summed E-state index contributed by atoms with van der Waals surface area (Å²) in [5.41, 5.74) is 1.39. The molecule has 0 amide bonds. The summed E-state index contributed by atoms with van der Waals surface area (Å²) in [4.78, 5) is 0. The fourth-order valence-electron chi connectivity index (χ4n) is 6.53. The lowest BCUT2D eigenvalue weighted by Crippen LogP contribution is -1.85. The Kier molecular flexibility index (Phi) is 39.0. The Balaban J connectivity index is 3.06. The van der Waals surface area contributed by atoms with Gasteiger partial charge in [-0.1, -0.05) is 249 Å². The van der Waals surface area contributed by atoms with Gasteiger partial charge >= 0.3 is 0 Å². The van der Waals surface area contributed by atoms with Crippen LogP contribution in [-0.4, -0.2) is 0 Å². The highest BCUT2D eigenvalue weighted by Gasteiger charge is 1.97. The summed E-state index contributed by atoms with van der Waals surface area (Å²) in [5, 5.41) is 0. The van der Waals surface area contributed by atoms with E-state index >= 15 is 0 Å². The number of unbranched alkanes of at least 4 members (excludes halogenated alkanes) is 35. The third-order valence-electron chi connectivity index (χ3n) is 9.54. The van der Waals surface area contributed by atoms with E-state index in [0.29, 0.717) is 0 Å². The van der Waals surface area contributed by atoms with Crippen LogP contribution in [0.15, 0.2) is 23.8 Å². The Morgan fingerprint density at radius 1 is 0.302 bits per heavy atom. The molecule has 0 radical (unpaired) electrons. The molecule has 43 heavy (non-hydrogen) atoms. The van der Waals surface area contributed by atoms with E-state index in [0.717, 1.165) is 0 Å². The van der Waals surface area contributed by atoms with Crippen LogP contribution in [0.5, 0.6) is 0 Å². The van der Waals surface area contributed by atoms with Crippen molar-refractivity contribution in [2.45, 2.75) is 252 Å². The van der Waals surface area contributed by atoms with Gasteiger partial charge in [-0.3, -0.25) is 0 Å². The predicted molar refractivity (Wildman–Crippen MR) is 200 cm³/mol. The normalized spacial score (nSPS) is 11.6. The van der Waals surface area contributed by atoms with Gasteiger partial charge in [0.25, 0.3) is 0 Å². The summed E-state index contributed by atoms with van der Waals surface area (Å²) in [6, 6.07) is 0. The number of hydrogen-bond donors (Lipinski definition) is 0. The van der Waals surface area contributed by atoms with Gasteiger partial charge in [-0.25, -0.2) is 0 Å². The van der Waals surface area contributed by atoms with E-state index in [2.05, 4.69) is 39.0 Å². The van der Waals surface area contributed by atoms with Crippen LogP contribution in [0.2, 0.25) is 0 Å². The molecule has 0 heteroatoms. The molecule has 0 nitrogen and oxygen atoms in total. The van der Waals surface area contributed by atoms with E-state index < -0.39 is 0 Å². The largest absolute Gasteiger partial charge is 0.0845 e. The van der Waals surface area contributed by atoms with Crippen molar-refractivity contribution >= 4 is 0 Å². The molecular weight excluding hydrogens is 516 g/mol. The summed E-state index contributed by atoms with van der Waals surface area (Å²) < 4.78 is 0. The van der Waals surface area contributed by atoms with Gasteiger partial charge in [0.05, 0.1) is 0 Å². The molecule has 0 N–H and O–H groups in total. The van der Waals surface area contributed by atoms with Crippen molar-refractivity contribution in [1.29, 1.82) is 0 Å². The average molecular weight is 601 g/mol. The summed E-state index contributed by atoms with van der Waals surface area (Å²) in [6.07, 6.45) is 59.6. The van der Waals surface area contributed by atoms with Crippen molar-refractivity contribution in [3.8, 4) is 0 Å². The van der Waals surface area contributed by atoms with Crippen molar-refractivity contribution < 1.29 is 0 Å². The van der Waals surface area contributed by atoms with E-state index in [1.165, 1.54) is 237 Å². The second-order valence-electron chi connectivity index (χ2n) is 14.5. The van der Waals surface area contributed by atoms with E-state index in [1.807, 2.05) is 0 Å². The summed E-state index contributed by atoms with van der Waals surface area (Å²) in [5.74, 6) is 0. The van der Waals surface area contributed by atoms with Crippen LogP contribution >= 0.6 is 0 Å². The molecule has 0 aliphatic rings. The fraction of sp³-hybridized carbons (Fsp3) is 0.907. The molecule has 0 aromatic heterocycles. The standard InChI is InChI=1S/C43H84/c1-4-5-6-7-8-9-10-11-12-13-14-15-16-17-18-19-20-21-22-23-24-25-26-27-28-29-30-31-32-33-34-35-36-37-38-39-40-41-42-43(2)3/h40-42H,4-39H2,1-3H3. The van der Waals surface area contributed by atoms with Crippen LogP contribution in [0.4, 0.5) is 0 Å². The molecule has 0 fully saturated rings. The van der Waals surface area contributed by atoms with Crippen LogP contribution in [0.3, 0.4) is 0 Å². The van der Waals surface area contributed by atoms with Gasteiger partial charge in [-0.15, -0.1) is 0 Å². The second-order valence-corrected chi connectivity index (χ2v) is 14.5. The SMILES string of the molecule is CCCCCCCCCCCCCCCCCCCCCCCCCCCCCCCCCCCCCC=CC=C(C)C. The lowest BCUT2D eigenvalue weighted by molar-refractivity contribution is 0.511. The van der Waals surface area contributed by atoms with Crippen LogP contribution in [0, 0.1) is 0 Å². The molecular formula is C43H84. The van der Waals surface area contributed by atoms with Gasteiger partial charge in [-0.05, 0) is 26.7 Å². The molecule has 0 heterocycles. The van der Waals surface area contributed by atoms with E-state index in [-0.39, 0.29) is 0 Å². The molecule has 0 unspecified atom stereocenters. The molecule has 0 bridgehead atoms. The van der Waals surface area contributed by atoms with E-state index in [9.17, 15) is 0 Å². The maximum absolute atomic E-state index is 2.33. The first kappa shape index (κ1) is 42.5. The Hall–Kier alpha value is -0.520. The highest BCUT2D eigenvalue weighted by molar-refractivity contribution is 5.07. The fourth-order valence-corrected chi connectivity index (χ4v) is 6.53. The third-order valence-corrected chi connectivity index (χ3v) is 9.54. The first-order valence-electron chi connectivity index (χ1n) is 20.6. The van der Waals surface area contributed by atoms with Crippen molar-refractivity contribution in [3.05, 3.63) is 23.8 Å². The smallest absolute Gasteiger partial charge is 0.0348 e. The van der Waals surface area contributed by atoms with Crippen molar-refractivity contribution in [2.75, 3.05) is 0 Å². The summed E-state index contributed by atoms with van der Waals surface area (Å²) >= 11 is 0. The second kappa shape index (κ2) is 39.5. The molecule has 0 aliphatic carbocycles. The molecule has 0 aromatic rings. The highest BCUT2D eigenvalue weighted by atomic mass is 14.0. The van der Waals surface area contributed by atoms with Gasteiger partial charge in [0.2, 0.25) is 0 Å². The Morgan fingerprint density at radius 2 is 0.512 bits per heavy atom. The first-order chi connectivity index (χ1) is 21.3. The van der Waals surface area contributed by atoms with Crippen molar-refractivity contribution in [2.24, 2.45) is 0 Å². The van der Waals surface area contributed by atoms with Gasteiger partial charge < -0.3 is 0 Å². The molecule has 256 valence electrons. The lowest BCUT2D eigenvalue weighted by Gasteiger charge is -2.05. The monoisotopic (exact) mass is 601 g/mol. The molecule has 0 saturated carbocycles. The topological polar surface area (TPSA) is 0 Å². The van der Waals surface area contributed by atoms with E-state index in [4.69, 9.17) is 0 Å².